The fourth-order valence-corrected chi connectivity index (χ4v) is 2.16. The lowest BCUT2D eigenvalue weighted by molar-refractivity contribution is -0.142. The highest BCUT2D eigenvalue weighted by atomic mass is 16.5. The van der Waals surface area contributed by atoms with Crippen LogP contribution in [0.3, 0.4) is 0 Å². The molecular weight excluding hydrogens is 266 g/mol. The van der Waals surface area contributed by atoms with Crippen LogP contribution in [0.5, 0.6) is 0 Å². The van der Waals surface area contributed by atoms with Gasteiger partial charge in [-0.1, -0.05) is 32.9 Å². The Morgan fingerprint density at radius 3 is 2.62 bits per heavy atom. The first-order chi connectivity index (χ1) is 10.1. The molecule has 2 aromatic rings. The molecule has 0 aliphatic rings. The molecule has 1 aromatic carbocycles. The summed E-state index contributed by atoms with van der Waals surface area (Å²) in [6, 6.07) is 7.34. The van der Waals surface area contributed by atoms with Crippen LogP contribution < -0.4 is 5.32 Å². The topological polar surface area (TPSA) is 64.1 Å². The zero-order valence-corrected chi connectivity index (χ0v) is 12.9. The normalized spacial score (nSPS) is 12.4. The molecule has 0 aliphatic heterocycles. The van der Waals surface area contributed by atoms with E-state index in [0.29, 0.717) is 5.82 Å². The lowest BCUT2D eigenvalue weighted by Gasteiger charge is -2.21. The molecule has 21 heavy (non-hydrogen) atoms. The third-order valence-corrected chi connectivity index (χ3v) is 3.38. The summed E-state index contributed by atoms with van der Waals surface area (Å²) in [4.78, 5) is 21.0. The van der Waals surface area contributed by atoms with Gasteiger partial charge in [0.15, 0.2) is 0 Å². The number of para-hydroxylation sites is 1. The summed E-state index contributed by atoms with van der Waals surface area (Å²) in [6.07, 6.45) is 0.740. The Balaban J connectivity index is 2.46. The van der Waals surface area contributed by atoms with Crippen molar-refractivity contribution < 1.29 is 9.53 Å². The summed E-state index contributed by atoms with van der Waals surface area (Å²) < 4.78 is 4.87. The number of hydrogen-bond donors (Lipinski definition) is 1. The molecule has 1 unspecified atom stereocenters. The van der Waals surface area contributed by atoms with Crippen molar-refractivity contribution >= 4 is 22.7 Å². The van der Waals surface area contributed by atoms with Crippen molar-refractivity contribution in [3.63, 3.8) is 0 Å². The first-order valence-corrected chi connectivity index (χ1v) is 7.16. The average Bonchev–Trinajstić information content (AvgIpc) is 2.50. The van der Waals surface area contributed by atoms with E-state index in [0.717, 1.165) is 23.1 Å². The van der Waals surface area contributed by atoms with Gasteiger partial charge in [-0.05, 0) is 18.1 Å². The van der Waals surface area contributed by atoms with Crippen LogP contribution in [0, 0.1) is 5.92 Å². The Kier molecular flexibility index (Phi) is 4.73. The van der Waals surface area contributed by atoms with Crippen molar-refractivity contribution in [3.8, 4) is 0 Å². The lowest BCUT2D eigenvalue weighted by atomic mass is 10.0. The molecule has 112 valence electrons. The number of fused-ring (bicyclic) bond motifs is 1. The molecule has 5 nitrogen and oxygen atoms in total. The molecule has 1 atom stereocenters. The number of hydrogen-bond acceptors (Lipinski definition) is 5. The number of nitrogens with zero attached hydrogens (tertiary/aromatic N) is 2. The van der Waals surface area contributed by atoms with E-state index in [1.54, 1.807) is 0 Å². The molecule has 1 aromatic heterocycles. The number of carbonyl (C=O) groups excluding carboxylic acids is 1. The van der Waals surface area contributed by atoms with Gasteiger partial charge in [0.1, 0.15) is 17.7 Å². The largest absolute Gasteiger partial charge is 0.467 e. The second kappa shape index (κ2) is 6.52. The highest BCUT2D eigenvalue weighted by molar-refractivity contribution is 5.91. The molecule has 1 N–H and O–H groups in total. The number of benzene rings is 1. The fraction of sp³-hybridized carbons (Fsp3) is 0.438. The Morgan fingerprint density at radius 1 is 1.29 bits per heavy atom. The van der Waals surface area contributed by atoms with Crippen LogP contribution in [0.2, 0.25) is 0 Å². The van der Waals surface area contributed by atoms with Crippen molar-refractivity contribution in [2.24, 2.45) is 5.92 Å². The summed E-state index contributed by atoms with van der Waals surface area (Å²) in [5.74, 6) is 1.24. The van der Waals surface area contributed by atoms with Gasteiger partial charge in [0, 0.05) is 11.8 Å². The van der Waals surface area contributed by atoms with Crippen LogP contribution in [-0.4, -0.2) is 29.1 Å². The standard InChI is InChI=1S/C16H21N3O2/c1-5-13-17-12-9-7-6-8-11(12)15(18-13)19-14(10(2)3)16(20)21-4/h6-10,14H,5H2,1-4H3,(H,17,18,19). The minimum Gasteiger partial charge on any atom is -0.467 e. The van der Waals surface area contributed by atoms with E-state index in [1.807, 2.05) is 45.0 Å². The fourth-order valence-electron chi connectivity index (χ4n) is 2.16. The van der Waals surface area contributed by atoms with Crippen LogP contribution in [0.15, 0.2) is 24.3 Å². The first kappa shape index (κ1) is 15.2. The van der Waals surface area contributed by atoms with Gasteiger partial charge in [0.05, 0.1) is 12.6 Å². The molecule has 0 aliphatic carbocycles. The summed E-state index contributed by atoms with van der Waals surface area (Å²) in [7, 11) is 1.40. The summed E-state index contributed by atoms with van der Waals surface area (Å²) >= 11 is 0. The molecule has 0 fully saturated rings. The third-order valence-electron chi connectivity index (χ3n) is 3.38. The SMILES string of the molecule is CCc1nc(NC(C(=O)OC)C(C)C)c2ccccc2n1. The monoisotopic (exact) mass is 287 g/mol. The van der Waals surface area contributed by atoms with Gasteiger partial charge in [-0.15, -0.1) is 0 Å². The first-order valence-electron chi connectivity index (χ1n) is 7.16. The van der Waals surface area contributed by atoms with Crippen LogP contribution in [0.4, 0.5) is 5.82 Å². The second-order valence-corrected chi connectivity index (χ2v) is 5.25. The Labute approximate surface area is 124 Å². The van der Waals surface area contributed by atoms with Gasteiger partial charge >= 0.3 is 5.97 Å². The van der Waals surface area contributed by atoms with Crippen LogP contribution in [0.1, 0.15) is 26.6 Å². The van der Waals surface area contributed by atoms with Gasteiger partial charge in [-0.25, -0.2) is 14.8 Å². The molecule has 1 heterocycles. The van der Waals surface area contributed by atoms with Gasteiger partial charge in [-0.3, -0.25) is 0 Å². The zero-order chi connectivity index (χ0) is 15.4. The van der Waals surface area contributed by atoms with E-state index >= 15 is 0 Å². The predicted molar refractivity (Wildman–Crippen MR) is 83.2 cm³/mol. The molecule has 0 bridgehead atoms. The van der Waals surface area contributed by atoms with Crippen LogP contribution in [0.25, 0.3) is 10.9 Å². The van der Waals surface area contributed by atoms with E-state index in [4.69, 9.17) is 4.74 Å². The lowest BCUT2D eigenvalue weighted by Crippen LogP contribution is -2.36. The average molecular weight is 287 g/mol. The van der Waals surface area contributed by atoms with E-state index in [1.165, 1.54) is 7.11 Å². The highest BCUT2D eigenvalue weighted by Crippen LogP contribution is 2.22. The maximum Gasteiger partial charge on any atom is 0.328 e. The summed E-state index contributed by atoms with van der Waals surface area (Å²) in [5.41, 5.74) is 0.874. The van der Waals surface area contributed by atoms with Gasteiger partial charge in [0.2, 0.25) is 0 Å². The molecule has 5 heteroatoms. The van der Waals surface area contributed by atoms with Gasteiger partial charge in [-0.2, -0.15) is 0 Å². The summed E-state index contributed by atoms with van der Waals surface area (Å²) in [5, 5.41) is 4.13. The van der Waals surface area contributed by atoms with E-state index in [9.17, 15) is 4.79 Å². The molecule has 0 saturated carbocycles. The minimum absolute atomic E-state index is 0.0938. The van der Waals surface area contributed by atoms with Gasteiger partial charge < -0.3 is 10.1 Å². The number of methoxy groups -OCH3 is 1. The quantitative estimate of drug-likeness (QED) is 0.857. The van der Waals surface area contributed by atoms with Crippen molar-refractivity contribution in [2.45, 2.75) is 33.2 Å². The van der Waals surface area contributed by atoms with Crippen molar-refractivity contribution in [1.82, 2.24) is 9.97 Å². The zero-order valence-electron chi connectivity index (χ0n) is 12.9. The number of nitrogens with one attached hydrogen (secondary N) is 1. The van der Waals surface area contributed by atoms with Crippen molar-refractivity contribution in [1.29, 1.82) is 0 Å². The Bertz CT molecular complexity index is 640. The number of anilines is 1. The number of esters is 1. The third kappa shape index (κ3) is 3.29. The molecule has 0 amide bonds. The van der Waals surface area contributed by atoms with E-state index in [2.05, 4.69) is 15.3 Å². The van der Waals surface area contributed by atoms with Crippen molar-refractivity contribution in [3.05, 3.63) is 30.1 Å². The maximum atomic E-state index is 11.9. The Hall–Kier alpha value is -2.17. The van der Waals surface area contributed by atoms with Crippen LogP contribution in [-0.2, 0) is 16.0 Å². The smallest absolute Gasteiger partial charge is 0.328 e. The van der Waals surface area contributed by atoms with Gasteiger partial charge in [0.25, 0.3) is 0 Å². The number of aryl methyl sites for hydroxylation is 1. The maximum absolute atomic E-state index is 11.9. The molecule has 0 saturated heterocycles. The van der Waals surface area contributed by atoms with Crippen molar-refractivity contribution in [2.75, 3.05) is 12.4 Å². The molecular formula is C16H21N3O2. The number of aromatic nitrogens is 2. The molecule has 0 spiro atoms. The molecule has 0 radical (unpaired) electrons. The minimum atomic E-state index is -0.432. The molecule has 2 rings (SSSR count). The number of carbonyl (C=O) groups is 1. The predicted octanol–water partition coefficient (Wildman–Crippen LogP) is 2.80. The number of rotatable bonds is 5. The summed E-state index contributed by atoms with van der Waals surface area (Å²) in [6.45, 7) is 5.95. The highest BCUT2D eigenvalue weighted by Gasteiger charge is 2.24. The van der Waals surface area contributed by atoms with E-state index < -0.39 is 6.04 Å². The number of ether oxygens (including phenoxy) is 1. The van der Waals surface area contributed by atoms with Crippen LogP contribution >= 0.6 is 0 Å². The Morgan fingerprint density at radius 2 is 2.00 bits per heavy atom. The second-order valence-electron chi connectivity index (χ2n) is 5.25. The van der Waals surface area contributed by atoms with E-state index in [-0.39, 0.29) is 11.9 Å².